The van der Waals surface area contributed by atoms with Gasteiger partial charge in [0.1, 0.15) is 0 Å². The van der Waals surface area contributed by atoms with Gasteiger partial charge in [0.25, 0.3) is 0 Å². The molecule has 0 spiro atoms. The third-order valence-electron chi connectivity index (χ3n) is 4.05. The van der Waals surface area contributed by atoms with E-state index in [0.29, 0.717) is 0 Å². The van der Waals surface area contributed by atoms with Gasteiger partial charge in [0.2, 0.25) is 0 Å². The molecule has 1 rings (SSSR count). The smallest absolute Gasteiger partial charge is 0.0132 e. The Morgan fingerprint density at radius 1 is 0.852 bits per heavy atom. The summed E-state index contributed by atoms with van der Waals surface area (Å²) in [7, 11) is 0. The van der Waals surface area contributed by atoms with E-state index in [2.05, 4.69) is 103 Å². The minimum absolute atomic E-state index is 0.202. The van der Waals surface area contributed by atoms with Crippen molar-refractivity contribution >= 4 is 11.1 Å². The molecule has 1 aromatic rings. The fourth-order valence-electron chi connectivity index (χ4n) is 2.24. The van der Waals surface area contributed by atoms with Crippen molar-refractivity contribution in [1.29, 1.82) is 0 Å². The normalized spacial score (nSPS) is 12.3. The first-order valence-electron chi connectivity index (χ1n) is 9.57. The molecule has 0 radical (unpaired) electrons. The Hall–Kier alpha value is -2.34. The Balaban J connectivity index is 0.000000516. The Kier molecular flexibility index (Phi) is 11.1. The topological polar surface area (TPSA) is 0 Å². The van der Waals surface area contributed by atoms with Crippen LogP contribution in [-0.4, -0.2) is 0 Å². The third kappa shape index (κ3) is 10.4. The van der Waals surface area contributed by atoms with Crippen LogP contribution in [0.5, 0.6) is 0 Å². The molecular formula is C27H38. The zero-order chi connectivity index (χ0) is 21.0. The van der Waals surface area contributed by atoms with Gasteiger partial charge in [-0.1, -0.05) is 106 Å². The van der Waals surface area contributed by atoms with Crippen molar-refractivity contribution in [2.75, 3.05) is 0 Å². The maximum absolute atomic E-state index is 3.92. The molecule has 1 aromatic carbocycles. The molecule has 0 amide bonds. The zero-order valence-corrected chi connectivity index (χ0v) is 18.7. The van der Waals surface area contributed by atoms with Gasteiger partial charge in [-0.05, 0) is 62.3 Å². The summed E-state index contributed by atoms with van der Waals surface area (Å²) < 4.78 is 0. The third-order valence-corrected chi connectivity index (χ3v) is 4.05. The summed E-state index contributed by atoms with van der Waals surface area (Å²) in [6.07, 6.45) is 12.4. The summed E-state index contributed by atoms with van der Waals surface area (Å²) in [5.41, 5.74) is 7.66. The van der Waals surface area contributed by atoms with Crippen LogP contribution in [0.25, 0.3) is 11.1 Å². The lowest BCUT2D eigenvalue weighted by molar-refractivity contribution is 0.517. The maximum Gasteiger partial charge on any atom is -0.0132 e. The van der Waals surface area contributed by atoms with Crippen LogP contribution < -0.4 is 0 Å². The lowest BCUT2D eigenvalue weighted by atomic mass is 9.86. The monoisotopic (exact) mass is 362 g/mol. The lowest BCUT2D eigenvalue weighted by Crippen LogP contribution is -2.06. The molecule has 0 fully saturated rings. The zero-order valence-electron chi connectivity index (χ0n) is 18.7. The number of rotatable bonds is 5. The van der Waals surface area contributed by atoms with E-state index in [9.17, 15) is 0 Å². The van der Waals surface area contributed by atoms with Gasteiger partial charge in [-0.3, -0.25) is 0 Å². The highest BCUT2D eigenvalue weighted by atomic mass is 14.2. The molecule has 0 N–H and O–H groups in total. The average Bonchev–Trinajstić information content (AvgIpc) is 2.59. The van der Waals surface area contributed by atoms with E-state index < -0.39 is 0 Å². The first-order chi connectivity index (χ1) is 12.5. The first-order valence-corrected chi connectivity index (χ1v) is 9.57. The fraction of sp³-hybridized carbons (Fsp3) is 0.333. The average molecular weight is 363 g/mol. The van der Waals surface area contributed by atoms with Crippen molar-refractivity contribution in [3.63, 3.8) is 0 Å². The molecule has 27 heavy (non-hydrogen) atoms. The van der Waals surface area contributed by atoms with Crippen molar-refractivity contribution in [2.45, 2.75) is 55.4 Å². The van der Waals surface area contributed by atoms with E-state index in [-0.39, 0.29) is 5.41 Å². The van der Waals surface area contributed by atoms with E-state index >= 15 is 0 Å². The molecule has 0 heteroatoms. The molecule has 0 aliphatic carbocycles. The second-order valence-corrected chi connectivity index (χ2v) is 8.05. The number of benzene rings is 1. The molecule has 0 bridgehead atoms. The lowest BCUT2D eigenvalue weighted by Gasteiger charge is -2.19. The summed E-state index contributed by atoms with van der Waals surface area (Å²) in [4.78, 5) is 0. The van der Waals surface area contributed by atoms with E-state index in [1.165, 1.54) is 27.8 Å². The molecule has 0 heterocycles. The van der Waals surface area contributed by atoms with Crippen LogP contribution in [0.3, 0.4) is 0 Å². The molecule has 0 nitrogen and oxygen atoms in total. The van der Waals surface area contributed by atoms with Gasteiger partial charge in [0.15, 0.2) is 0 Å². The van der Waals surface area contributed by atoms with Crippen molar-refractivity contribution in [2.24, 2.45) is 5.41 Å². The second-order valence-electron chi connectivity index (χ2n) is 8.05. The maximum atomic E-state index is 3.92. The molecular weight excluding hydrogens is 324 g/mol. The quantitative estimate of drug-likeness (QED) is 0.459. The largest absolute Gasteiger partial charge is 0.0988 e. The second kappa shape index (κ2) is 12.1. The van der Waals surface area contributed by atoms with Gasteiger partial charge in [0.05, 0.1) is 0 Å². The number of hydrogen-bond donors (Lipinski definition) is 0. The van der Waals surface area contributed by atoms with Gasteiger partial charge in [0, 0.05) is 0 Å². The van der Waals surface area contributed by atoms with Crippen LogP contribution in [0.1, 0.15) is 66.5 Å². The van der Waals surface area contributed by atoms with E-state index in [0.717, 1.165) is 5.57 Å². The van der Waals surface area contributed by atoms with E-state index in [1.807, 2.05) is 26.0 Å². The van der Waals surface area contributed by atoms with Crippen molar-refractivity contribution in [3.8, 4) is 0 Å². The van der Waals surface area contributed by atoms with Crippen molar-refractivity contribution in [1.82, 2.24) is 0 Å². The number of hydrogen-bond acceptors (Lipinski definition) is 0. The van der Waals surface area contributed by atoms with Crippen LogP contribution in [0.2, 0.25) is 0 Å². The van der Waals surface area contributed by atoms with E-state index in [1.54, 1.807) is 0 Å². The highest BCUT2D eigenvalue weighted by Crippen LogP contribution is 2.25. The molecule has 0 aliphatic heterocycles. The van der Waals surface area contributed by atoms with Crippen LogP contribution in [0.15, 0.2) is 85.0 Å². The molecule has 146 valence electrons. The molecule has 0 unspecified atom stereocenters. The van der Waals surface area contributed by atoms with Crippen LogP contribution in [0, 0.1) is 5.41 Å². The summed E-state index contributed by atoms with van der Waals surface area (Å²) in [6, 6.07) is 8.51. The Bertz CT molecular complexity index is 719. The predicted octanol–water partition coefficient (Wildman–Crippen LogP) is 8.81. The highest BCUT2D eigenvalue weighted by molar-refractivity contribution is 5.68. The summed E-state index contributed by atoms with van der Waals surface area (Å²) in [5, 5.41) is 0. The van der Waals surface area contributed by atoms with Crippen LogP contribution >= 0.6 is 0 Å². The van der Waals surface area contributed by atoms with Crippen molar-refractivity contribution in [3.05, 3.63) is 96.2 Å². The number of allylic oxidation sites excluding steroid dienone is 10. The summed E-state index contributed by atoms with van der Waals surface area (Å²) in [6.45, 7) is 24.7. The van der Waals surface area contributed by atoms with Crippen LogP contribution in [-0.2, 0) is 0 Å². The Morgan fingerprint density at radius 2 is 1.37 bits per heavy atom. The summed E-state index contributed by atoms with van der Waals surface area (Å²) >= 11 is 0. The standard InChI is InChI=1S/C15H18.C12H20/c1-5-6-7-13(4)15-10-8-14(9-11-15)12(2)3;1-7-11(12(4,5)6)9-8-10(2)3/h5-11H,2H2,1,3-4H3;7-9H,1H2,2-6H3/b6-5-,13-7+;11-9+. The minimum atomic E-state index is 0.202. The highest BCUT2D eigenvalue weighted by Gasteiger charge is 2.12. The molecule has 0 saturated carbocycles. The van der Waals surface area contributed by atoms with E-state index in [4.69, 9.17) is 0 Å². The molecule has 0 atom stereocenters. The first kappa shape index (κ1) is 24.7. The van der Waals surface area contributed by atoms with Gasteiger partial charge in [-0.25, -0.2) is 0 Å². The van der Waals surface area contributed by atoms with Gasteiger partial charge in [-0.15, -0.1) is 0 Å². The molecule has 0 aromatic heterocycles. The SMILES string of the molecule is C=C(C)c1ccc(/C(C)=C/C=C\C)cc1.C=C/C(=C\C=C(C)C)C(C)(C)C. The van der Waals surface area contributed by atoms with Crippen LogP contribution in [0.4, 0.5) is 0 Å². The van der Waals surface area contributed by atoms with Crippen molar-refractivity contribution < 1.29 is 0 Å². The molecule has 0 saturated heterocycles. The summed E-state index contributed by atoms with van der Waals surface area (Å²) in [5.74, 6) is 0. The molecule has 0 aliphatic rings. The van der Waals surface area contributed by atoms with Gasteiger partial charge >= 0.3 is 0 Å². The van der Waals surface area contributed by atoms with Gasteiger partial charge < -0.3 is 0 Å². The minimum Gasteiger partial charge on any atom is -0.0988 e. The fourth-order valence-corrected chi connectivity index (χ4v) is 2.24. The Morgan fingerprint density at radius 3 is 1.74 bits per heavy atom. The predicted molar refractivity (Wildman–Crippen MR) is 127 cm³/mol. The van der Waals surface area contributed by atoms with Gasteiger partial charge in [-0.2, -0.15) is 0 Å². The Labute approximate surface area is 168 Å².